The molecule has 2 heterocycles. The molecule has 0 saturated carbocycles. The predicted octanol–water partition coefficient (Wildman–Crippen LogP) is 3.67. The minimum absolute atomic E-state index is 0.0634. The van der Waals surface area contributed by atoms with Crippen LogP contribution in [0.25, 0.3) is 11.1 Å². The average molecular weight is 376 g/mol. The van der Waals surface area contributed by atoms with Crippen LogP contribution in [-0.2, 0) is 0 Å². The summed E-state index contributed by atoms with van der Waals surface area (Å²) in [5, 5.41) is 3.85. The molecule has 2 aromatic rings. The average Bonchev–Trinajstić information content (AvgIpc) is 3.16. The van der Waals surface area contributed by atoms with E-state index in [1.165, 1.54) is 6.20 Å². The quantitative estimate of drug-likeness (QED) is 0.800. The highest BCUT2D eigenvalue weighted by molar-refractivity contribution is 5.95. The van der Waals surface area contributed by atoms with Crippen molar-refractivity contribution in [2.45, 2.75) is 26.8 Å². The SMILES string of the molecule is Cc1nn(C(F)F)cc1-c1cccc(C(=O)N(C)C[C@]2(C)CCN(C)C2)c1. The molecule has 3 rings (SSSR count). The van der Waals surface area contributed by atoms with Crippen LogP contribution in [0.4, 0.5) is 8.78 Å². The van der Waals surface area contributed by atoms with Gasteiger partial charge in [0, 0.05) is 37.5 Å². The van der Waals surface area contributed by atoms with Crippen LogP contribution >= 0.6 is 0 Å². The molecule has 1 aromatic heterocycles. The van der Waals surface area contributed by atoms with Gasteiger partial charge in [0.05, 0.1) is 5.69 Å². The molecule has 27 heavy (non-hydrogen) atoms. The summed E-state index contributed by atoms with van der Waals surface area (Å²) < 4.78 is 26.4. The first-order valence-electron chi connectivity index (χ1n) is 9.07. The van der Waals surface area contributed by atoms with Crippen LogP contribution < -0.4 is 0 Å². The normalized spacial score (nSPS) is 20.4. The fourth-order valence-corrected chi connectivity index (χ4v) is 3.95. The van der Waals surface area contributed by atoms with E-state index in [2.05, 4.69) is 24.0 Å². The van der Waals surface area contributed by atoms with E-state index in [9.17, 15) is 13.6 Å². The van der Waals surface area contributed by atoms with Crippen molar-refractivity contribution < 1.29 is 13.6 Å². The zero-order valence-corrected chi connectivity index (χ0v) is 16.2. The number of halogens is 2. The van der Waals surface area contributed by atoms with Gasteiger partial charge in [-0.3, -0.25) is 4.79 Å². The van der Waals surface area contributed by atoms with Crippen LogP contribution in [0, 0.1) is 12.3 Å². The molecule has 1 amide bonds. The van der Waals surface area contributed by atoms with Gasteiger partial charge in [0.15, 0.2) is 0 Å². The van der Waals surface area contributed by atoms with Gasteiger partial charge in [0.25, 0.3) is 5.91 Å². The number of carbonyl (C=O) groups excluding carboxylic acids is 1. The number of likely N-dealkylation sites (tertiary alicyclic amines) is 1. The van der Waals surface area contributed by atoms with E-state index in [0.29, 0.717) is 33.6 Å². The van der Waals surface area contributed by atoms with Crippen molar-refractivity contribution in [2.24, 2.45) is 5.41 Å². The summed E-state index contributed by atoms with van der Waals surface area (Å²) >= 11 is 0. The molecule has 0 bridgehead atoms. The van der Waals surface area contributed by atoms with E-state index in [-0.39, 0.29) is 11.3 Å². The van der Waals surface area contributed by atoms with E-state index >= 15 is 0 Å². The third kappa shape index (κ3) is 4.18. The van der Waals surface area contributed by atoms with Crippen molar-refractivity contribution in [3.63, 3.8) is 0 Å². The zero-order valence-electron chi connectivity index (χ0n) is 16.2. The lowest BCUT2D eigenvalue weighted by Crippen LogP contribution is -2.38. The molecular weight excluding hydrogens is 350 g/mol. The number of rotatable bonds is 5. The largest absolute Gasteiger partial charge is 0.341 e. The third-order valence-corrected chi connectivity index (χ3v) is 5.25. The summed E-state index contributed by atoms with van der Waals surface area (Å²) in [5.74, 6) is -0.0634. The highest BCUT2D eigenvalue weighted by atomic mass is 19.3. The molecule has 5 nitrogen and oxygen atoms in total. The van der Waals surface area contributed by atoms with Gasteiger partial charge in [-0.05, 0) is 50.0 Å². The van der Waals surface area contributed by atoms with Crippen LogP contribution in [0.2, 0.25) is 0 Å². The van der Waals surface area contributed by atoms with Crippen LogP contribution in [-0.4, -0.2) is 59.2 Å². The monoisotopic (exact) mass is 376 g/mol. The first kappa shape index (κ1) is 19.5. The maximum Gasteiger partial charge on any atom is 0.333 e. The highest BCUT2D eigenvalue weighted by Gasteiger charge is 2.34. The molecule has 1 aliphatic rings. The minimum Gasteiger partial charge on any atom is -0.341 e. The number of alkyl halides is 2. The van der Waals surface area contributed by atoms with Gasteiger partial charge in [-0.1, -0.05) is 19.1 Å². The Kier molecular flexibility index (Phi) is 5.33. The van der Waals surface area contributed by atoms with Gasteiger partial charge in [-0.15, -0.1) is 0 Å². The molecule has 1 aliphatic heterocycles. The standard InChI is InChI=1S/C20H26F2N4O/c1-14-17(11-26(23-14)19(21)22)15-6-5-7-16(10-15)18(27)25(4)13-20(2)8-9-24(3)12-20/h5-7,10-11,19H,8-9,12-13H2,1-4H3/t20-/m1/s1. The Morgan fingerprint density at radius 3 is 2.74 bits per heavy atom. The number of benzene rings is 1. The maximum absolute atomic E-state index is 12.9. The van der Waals surface area contributed by atoms with E-state index in [0.717, 1.165) is 19.5 Å². The zero-order chi connectivity index (χ0) is 19.8. The van der Waals surface area contributed by atoms with Crippen LogP contribution in [0.15, 0.2) is 30.5 Å². The Morgan fingerprint density at radius 2 is 2.15 bits per heavy atom. The fraction of sp³-hybridized carbons (Fsp3) is 0.500. The Balaban J connectivity index is 1.79. The van der Waals surface area contributed by atoms with E-state index in [4.69, 9.17) is 0 Å². The minimum atomic E-state index is -2.68. The molecular formula is C20H26F2N4O. The van der Waals surface area contributed by atoms with Gasteiger partial charge in [0.1, 0.15) is 0 Å². The van der Waals surface area contributed by atoms with Gasteiger partial charge < -0.3 is 9.80 Å². The Morgan fingerprint density at radius 1 is 1.41 bits per heavy atom. The Labute approximate surface area is 158 Å². The van der Waals surface area contributed by atoms with E-state index in [1.807, 2.05) is 13.1 Å². The summed E-state index contributed by atoms with van der Waals surface area (Å²) in [6.07, 6.45) is 2.38. The number of aromatic nitrogens is 2. The van der Waals surface area contributed by atoms with Gasteiger partial charge >= 0.3 is 6.55 Å². The number of carbonyl (C=O) groups is 1. The molecule has 0 N–H and O–H groups in total. The molecule has 1 fully saturated rings. The summed E-state index contributed by atoms with van der Waals surface area (Å²) in [5.41, 5.74) is 2.47. The van der Waals surface area contributed by atoms with Crippen molar-refractivity contribution in [3.8, 4) is 11.1 Å². The van der Waals surface area contributed by atoms with Gasteiger partial charge in [-0.2, -0.15) is 13.9 Å². The van der Waals surface area contributed by atoms with E-state index in [1.54, 1.807) is 30.0 Å². The lowest BCUT2D eigenvalue weighted by molar-refractivity contribution is 0.0563. The number of hydrogen-bond donors (Lipinski definition) is 0. The lowest BCUT2D eigenvalue weighted by atomic mass is 9.89. The second-order valence-electron chi connectivity index (χ2n) is 7.93. The molecule has 0 aliphatic carbocycles. The molecule has 1 aromatic carbocycles. The highest BCUT2D eigenvalue weighted by Crippen LogP contribution is 2.30. The summed E-state index contributed by atoms with van der Waals surface area (Å²) in [7, 11) is 3.91. The van der Waals surface area contributed by atoms with Crippen molar-refractivity contribution in [2.75, 3.05) is 33.7 Å². The predicted molar refractivity (Wildman–Crippen MR) is 101 cm³/mol. The smallest absolute Gasteiger partial charge is 0.333 e. The van der Waals surface area contributed by atoms with Crippen LogP contribution in [0.1, 0.15) is 35.9 Å². The second kappa shape index (κ2) is 7.38. The first-order valence-corrected chi connectivity index (χ1v) is 9.07. The fourth-order valence-electron chi connectivity index (χ4n) is 3.95. The molecule has 7 heteroatoms. The first-order chi connectivity index (χ1) is 12.7. The van der Waals surface area contributed by atoms with Crippen molar-refractivity contribution in [3.05, 3.63) is 41.7 Å². The topological polar surface area (TPSA) is 41.4 Å². The lowest BCUT2D eigenvalue weighted by Gasteiger charge is -2.30. The van der Waals surface area contributed by atoms with Crippen LogP contribution in [0.5, 0.6) is 0 Å². The number of amides is 1. The third-order valence-electron chi connectivity index (χ3n) is 5.25. The van der Waals surface area contributed by atoms with Crippen molar-refractivity contribution >= 4 is 5.91 Å². The summed E-state index contributed by atoms with van der Waals surface area (Å²) in [6.45, 7) is 3.91. The number of aryl methyl sites for hydroxylation is 1. The summed E-state index contributed by atoms with van der Waals surface area (Å²) in [6, 6.07) is 7.10. The Hall–Kier alpha value is -2.28. The molecule has 1 saturated heterocycles. The Bertz CT molecular complexity index is 835. The molecule has 0 spiro atoms. The van der Waals surface area contributed by atoms with Gasteiger partial charge in [0.2, 0.25) is 0 Å². The molecule has 0 radical (unpaired) electrons. The molecule has 146 valence electrons. The van der Waals surface area contributed by atoms with Gasteiger partial charge in [-0.25, -0.2) is 4.68 Å². The second-order valence-corrected chi connectivity index (χ2v) is 7.93. The van der Waals surface area contributed by atoms with Crippen molar-refractivity contribution in [1.29, 1.82) is 0 Å². The number of hydrogen-bond acceptors (Lipinski definition) is 3. The molecule has 1 atom stereocenters. The maximum atomic E-state index is 12.9. The number of nitrogens with zero attached hydrogens (tertiary/aromatic N) is 4. The summed E-state index contributed by atoms with van der Waals surface area (Å²) in [4.78, 5) is 16.9. The van der Waals surface area contributed by atoms with Crippen molar-refractivity contribution in [1.82, 2.24) is 19.6 Å². The molecule has 0 unspecified atom stereocenters. The van der Waals surface area contributed by atoms with E-state index < -0.39 is 6.55 Å². The van der Waals surface area contributed by atoms with Crippen LogP contribution in [0.3, 0.4) is 0 Å².